The first-order chi connectivity index (χ1) is 12.1. The zero-order valence-electron chi connectivity index (χ0n) is 12.9. The predicted molar refractivity (Wildman–Crippen MR) is 93.6 cm³/mol. The van der Waals surface area contributed by atoms with Crippen molar-refractivity contribution >= 4 is 28.9 Å². The first-order valence-corrected chi connectivity index (χ1v) is 7.54. The lowest BCUT2D eigenvalue weighted by Crippen LogP contribution is -2.03. The fourth-order valence-electron chi connectivity index (χ4n) is 2.85. The standard InChI is InChI=1S/C18H12N4O3/c23-18-15(14-6-1-2-7-16(14)20-18)9-12-10-19-21-17(12)11-4-3-5-13(8-11)22(24)25/h1-10H,(H,19,21)(H,20,23). The molecular weight excluding hydrogens is 320 g/mol. The van der Waals surface area contributed by atoms with Gasteiger partial charge in [-0.25, -0.2) is 0 Å². The van der Waals surface area contributed by atoms with E-state index < -0.39 is 4.92 Å². The van der Waals surface area contributed by atoms with Crippen molar-refractivity contribution in [3.8, 4) is 11.3 Å². The van der Waals surface area contributed by atoms with Crippen molar-refractivity contribution in [2.24, 2.45) is 0 Å². The Labute approximate surface area is 142 Å². The van der Waals surface area contributed by atoms with Gasteiger partial charge in [0.05, 0.1) is 16.8 Å². The number of benzene rings is 2. The molecule has 1 aliphatic rings. The summed E-state index contributed by atoms with van der Waals surface area (Å²) in [7, 11) is 0. The number of nitrogens with one attached hydrogen (secondary N) is 2. The number of carbonyl (C=O) groups excluding carboxylic acids is 1. The van der Waals surface area contributed by atoms with Crippen LogP contribution in [-0.2, 0) is 4.79 Å². The molecule has 0 spiro atoms. The molecule has 122 valence electrons. The van der Waals surface area contributed by atoms with Crippen molar-refractivity contribution in [2.45, 2.75) is 0 Å². The molecule has 2 N–H and O–H groups in total. The molecule has 7 nitrogen and oxygen atoms in total. The number of non-ortho nitro benzene ring substituents is 1. The van der Waals surface area contributed by atoms with Gasteiger partial charge in [0.25, 0.3) is 11.6 Å². The molecule has 0 fully saturated rings. The van der Waals surface area contributed by atoms with Crippen molar-refractivity contribution in [3.05, 3.63) is 76.0 Å². The van der Waals surface area contributed by atoms with Crippen LogP contribution in [0.2, 0.25) is 0 Å². The molecule has 0 saturated heterocycles. The van der Waals surface area contributed by atoms with E-state index in [2.05, 4.69) is 15.5 Å². The first kappa shape index (κ1) is 14.8. The van der Waals surface area contributed by atoms with Crippen molar-refractivity contribution in [1.82, 2.24) is 10.2 Å². The third-order valence-electron chi connectivity index (χ3n) is 4.02. The minimum atomic E-state index is -0.446. The Kier molecular flexibility index (Phi) is 3.39. The molecule has 0 atom stereocenters. The second-order valence-electron chi connectivity index (χ2n) is 5.57. The molecule has 4 rings (SSSR count). The summed E-state index contributed by atoms with van der Waals surface area (Å²) in [6.45, 7) is 0. The van der Waals surface area contributed by atoms with E-state index in [0.29, 0.717) is 22.4 Å². The lowest BCUT2D eigenvalue weighted by molar-refractivity contribution is -0.384. The van der Waals surface area contributed by atoms with Gasteiger partial charge in [-0.15, -0.1) is 0 Å². The average molecular weight is 332 g/mol. The van der Waals surface area contributed by atoms with Crippen LogP contribution < -0.4 is 5.32 Å². The first-order valence-electron chi connectivity index (χ1n) is 7.54. The maximum atomic E-state index is 12.2. The molecule has 0 saturated carbocycles. The summed E-state index contributed by atoms with van der Waals surface area (Å²) < 4.78 is 0. The van der Waals surface area contributed by atoms with Crippen LogP contribution >= 0.6 is 0 Å². The van der Waals surface area contributed by atoms with Crippen molar-refractivity contribution < 1.29 is 9.72 Å². The third-order valence-corrected chi connectivity index (χ3v) is 4.02. The number of nitro groups is 1. The summed E-state index contributed by atoms with van der Waals surface area (Å²) in [5.41, 5.74) is 4.04. The minimum Gasteiger partial charge on any atom is -0.321 e. The van der Waals surface area contributed by atoms with Gasteiger partial charge in [0, 0.05) is 40.1 Å². The second kappa shape index (κ2) is 5.72. The molecule has 0 unspecified atom stereocenters. The number of hydrogen-bond acceptors (Lipinski definition) is 4. The molecule has 2 aromatic carbocycles. The highest BCUT2D eigenvalue weighted by Crippen LogP contribution is 2.34. The van der Waals surface area contributed by atoms with Crippen molar-refractivity contribution in [3.63, 3.8) is 0 Å². The van der Waals surface area contributed by atoms with E-state index >= 15 is 0 Å². The van der Waals surface area contributed by atoms with Crippen LogP contribution in [0.1, 0.15) is 11.1 Å². The second-order valence-corrected chi connectivity index (χ2v) is 5.57. The Morgan fingerprint density at radius 1 is 1.12 bits per heavy atom. The largest absolute Gasteiger partial charge is 0.321 e. The van der Waals surface area contributed by atoms with Gasteiger partial charge >= 0.3 is 0 Å². The number of nitrogens with zero attached hydrogens (tertiary/aromatic N) is 2. The number of aromatic nitrogens is 2. The van der Waals surface area contributed by atoms with E-state index in [1.807, 2.05) is 24.3 Å². The van der Waals surface area contributed by atoms with Crippen LogP contribution in [0.5, 0.6) is 0 Å². The number of H-pyrrole nitrogens is 1. The monoisotopic (exact) mass is 332 g/mol. The number of para-hydroxylation sites is 1. The van der Waals surface area contributed by atoms with Crippen LogP contribution in [0.15, 0.2) is 54.7 Å². The third kappa shape index (κ3) is 2.57. The number of carbonyl (C=O) groups is 1. The molecule has 1 amide bonds. The van der Waals surface area contributed by atoms with Crippen LogP contribution in [0, 0.1) is 10.1 Å². The van der Waals surface area contributed by atoms with E-state index in [-0.39, 0.29) is 11.6 Å². The summed E-state index contributed by atoms with van der Waals surface area (Å²) >= 11 is 0. The minimum absolute atomic E-state index is 0.00495. The maximum absolute atomic E-state index is 12.2. The Bertz CT molecular complexity index is 1040. The number of anilines is 1. The van der Waals surface area contributed by atoms with Crippen LogP contribution in [-0.4, -0.2) is 21.0 Å². The van der Waals surface area contributed by atoms with E-state index in [1.54, 1.807) is 24.4 Å². The van der Waals surface area contributed by atoms with Gasteiger partial charge in [0.2, 0.25) is 0 Å². The Morgan fingerprint density at radius 2 is 1.96 bits per heavy atom. The Balaban J connectivity index is 1.80. The van der Waals surface area contributed by atoms with Gasteiger partial charge in [0.15, 0.2) is 0 Å². The summed E-state index contributed by atoms with van der Waals surface area (Å²) in [4.78, 5) is 22.8. The average Bonchev–Trinajstić information content (AvgIpc) is 3.20. The molecule has 0 radical (unpaired) electrons. The number of nitro benzene ring substituents is 1. The summed E-state index contributed by atoms with van der Waals surface area (Å²) in [6, 6.07) is 13.7. The smallest absolute Gasteiger partial charge is 0.270 e. The number of amides is 1. The lowest BCUT2D eigenvalue weighted by atomic mass is 10.0. The Hall–Kier alpha value is -3.74. The van der Waals surface area contributed by atoms with Gasteiger partial charge < -0.3 is 5.32 Å². The highest BCUT2D eigenvalue weighted by molar-refractivity contribution is 6.35. The van der Waals surface area contributed by atoms with Gasteiger partial charge in [-0.2, -0.15) is 5.10 Å². The molecule has 3 aromatic rings. The van der Waals surface area contributed by atoms with E-state index in [4.69, 9.17) is 0 Å². The summed E-state index contributed by atoms with van der Waals surface area (Å²) in [5, 5.41) is 20.7. The molecule has 2 heterocycles. The molecule has 0 aliphatic carbocycles. The van der Waals surface area contributed by atoms with Gasteiger partial charge in [-0.3, -0.25) is 20.0 Å². The highest BCUT2D eigenvalue weighted by atomic mass is 16.6. The number of rotatable bonds is 3. The molecule has 1 aliphatic heterocycles. The highest BCUT2D eigenvalue weighted by Gasteiger charge is 2.24. The van der Waals surface area contributed by atoms with E-state index in [1.165, 1.54) is 12.1 Å². The number of fused-ring (bicyclic) bond motifs is 1. The SMILES string of the molecule is O=C1Nc2ccccc2C1=Cc1cn[nH]c1-c1cccc([N+](=O)[O-])c1. The lowest BCUT2D eigenvalue weighted by Gasteiger charge is -2.02. The van der Waals surface area contributed by atoms with Gasteiger partial charge in [-0.05, 0) is 12.1 Å². The summed E-state index contributed by atoms with van der Waals surface area (Å²) in [6.07, 6.45) is 3.33. The fourth-order valence-corrected chi connectivity index (χ4v) is 2.85. The molecule has 0 bridgehead atoms. The normalized spacial score (nSPS) is 14.4. The van der Waals surface area contributed by atoms with Crippen molar-refractivity contribution in [1.29, 1.82) is 0 Å². The zero-order chi connectivity index (χ0) is 17.4. The van der Waals surface area contributed by atoms with Gasteiger partial charge in [-0.1, -0.05) is 30.3 Å². The zero-order valence-corrected chi connectivity index (χ0v) is 12.9. The van der Waals surface area contributed by atoms with Crippen molar-refractivity contribution in [2.75, 3.05) is 5.32 Å². The molecule has 7 heteroatoms. The number of aromatic amines is 1. The van der Waals surface area contributed by atoms with E-state index in [0.717, 1.165) is 11.3 Å². The Morgan fingerprint density at radius 3 is 2.80 bits per heavy atom. The molecular formula is C18H12N4O3. The predicted octanol–water partition coefficient (Wildman–Crippen LogP) is 3.48. The van der Waals surface area contributed by atoms with Crippen LogP contribution in [0.4, 0.5) is 11.4 Å². The topological polar surface area (TPSA) is 101 Å². The molecule has 1 aromatic heterocycles. The summed E-state index contributed by atoms with van der Waals surface area (Å²) in [5.74, 6) is -0.188. The quantitative estimate of drug-likeness (QED) is 0.435. The maximum Gasteiger partial charge on any atom is 0.270 e. The van der Waals surface area contributed by atoms with Crippen LogP contribution in [0.3, 0.4) is 0 Å². The van der Waals surface area contributed by atoms with Gasteiger partial charge in [0.1, 0.15) is 0 Å². The van der Waals surface area contributed by atoms with E-state index in [9.17, 15) is 14.9 Å². The molecule has 25 heavy (non-hydrogen) atoms. The van der Waals surface area contributed by atoms with Crippen LogP contribution in [0.25, 0.3) is 22.9 Å². The fraction of sp³-hybridized carbons (Fsp3) is 0. The number of hydrogen-bond donors (Lipinski definition) is 2.